The van der Waals surface area contributed by atoms with Gasteiger partial charge in [0.05, 0.1) is 36.4 Å². The first-order valence-electron chi connectivity index (χ1n) is 9.89. The van der Waals surface area contributed by atoms with Gasteiger partial charge in [0.25, 0.3) is 11.7 Å². The van der Waals surface area contributed by atoms with Gasteiger partial charge in [0.1, 0.15) is 10.8 Å². The van der Waals surface area contributed by atoms with Crippen molar-refractivity contribution < 1.29 is 28.9 Å². The van der Waals surface area contributed by atoms with E-state index in [2.05, 4.69) is 0 Å². The Morgan fingerprint density at radius 2 is 1.67 bits per heavy atom. The summed E-state index contributed by atoms with van der Waals surface area (Å²) >= 11 is 18.7. The Labute approximate surface area is 206 Å². The Bertz CT molecular complexity index is 1100. The second-order valence-corrected chi connectivity index (χ2v) is 8.40. The molecule has 2 aromatic carbocycles. The first kappa shape index (κ1) is 25.2. The summed E-state index contributed by atoms with van der Waals surface area (Å²) in [6.45, 7) is 0.637. The summed E-state index contributed by atoms with van der Waals surface area (Å²) in [6.07, 6.45) is 0.497. The fourth-order valence-corrected chi connectivity index (χ4v) is 4.59. The molecule has 33 heavy (non-hydrogen) atoms. The minimum atomic E-state index is -0.858. The average molecular weight is 515 g/mol. The zero-order chi connectivity index (χ0) is 24.3. The van der Waals surface area contributed by atoms with Crippen LogP contribution in [0.2, 0.25) is 15.1 Å². The lowest BCUT2D eigenvalue weighted by atomic mass is 9.95. The summed E-state index contributed by atoms with van der Waals surface area (Å²) in [7, 11) is 4.29. The molecule has 1 fully saturated rings. The van der Waals surface area contributed by atoms with E-state index in [1.165, 1.54) is 25.2 Å². The SMILES string of the molecule is COCCCN1C(=O)C(=O)/C(=C(/O)c2cc(Cl)c(OC)c(Cl)c2OC)C1c1ccc(Cl)cc1. The Balaban J connectivity index is 2.24. The number of ether oxygens (including phenoxy) is 3. The van der Waals surface area contributed by atoms with Crippen LogP contribution in [0.3, 0.4) is 0 Å². The summed E-state index contributed by atoms with van der Waals surface area (Å²) in [5.41, 5.74) is 0.541. The van der Waals surface area contributed by atoms with Gasteiger partial charge >= 0.3 is 0 Å². The maximum atomic E-state index is 13.1. The van der Waals surface area contributed by atoms with Gasteiger partial charge in [0, 0.05) is 25.3 Å². The van der Waals surface area contributed by atoms with Crippen molar-refractivity contribution >= 4 is 52.3 Å². The fourth-order valence-electron chi connectivity index (χ4n) is 3.77. The quantitative estimate of drug-likeness (QED) is 0.228. The molecule has 0 aliphatic carbocycles. The van der Waals surface area contributed by atoms with E-state index in [1.807, 2.05) is 0 Å². The molecule has 1 N–H and O–H groups in total. The molecule has 176 valence electrons. The largest absolute Gasteiger partial charge is 0.507 e. The van der Waals surface area contributed by atoms with E-state index in [4.69, 9.17) is 49.0 Å². The predicted molar refractivity (Wildman–Crippen MR) is 127 cm³/mol. The third-order valence-corrected chi connectivity index (χ3v) is 6.14. The van der Waals surface area contributed by atoms with Crippen LogP contribution in [0.4, 0.5) is 0 Å². The predicted octanol–water partition coefficient (Wildman–Crippen LogP) is 5.12. The Morgan fingerprint density at radius 3 is 2.24 bits per heavy atom. The molecule has 7 nitrogen and oxygen atoms in total. The van der Waals surface area contributed by atoms with E-state index in [0.717, 1.165) is 0 Å². The number of Topliss-reactive ketones (excluding diaryl/α,β-unsaturated/α-hetero) is 1. The van der Waals surface area contributed by atoms with Gasteiger partial charge in [-0.1, -0.05) is 46.9 Å². The maximum Gasteiger partial charge on any atom is 0.295 e. The van der Waals surface area contributed by atoms with E-state index in [0.29, 0.717) is 23.6 Å². The second kappa shape index (κ2) is 10.7. The van der Waals surface area contributed by atoms with Crippen LogP contribution in [0.5, 0.6) is 11.5 Å². The molecule has 1 heterocycles. The van der Waals surface area contributed by atoms with Crippen molar-refractivity contribution in [1.29, 1.82) is 0 Å². The van der Waals surface area contributed by atoms with Crippen LogP contribution in [0, 0.1) is 0 Å². The van der Waals surface area contributed by atoms with E-state index >= 15 is 0 Å². The van der Waals surface area contributed by atoms with E-state index in [1.54, 1.807) is 31.4 Å². The van der Waals surface area contributed by atoms with Gasteiger partial charge in [-0.3, -0.25) is 9.59 Å². The highest BCUT2D eigenvalue weighted by Crippen LogP contribution is 2.47. The number of carbonyl (C=O) groups excluding carboxylic acids is 2. The lowest BCUT2D eigenvalue weighted by Crippen LogP contribution is -2.31. The fraction of sp³-hybridized carbons (Fsp3) is 0.304. The van der Waals surface area contributed by atoms with Gasteiger partial charge in [-0.2, -0.15) is 0 Å². The summed E-state index contributed by atoms with van der Waals surface area (Å²) in [6, 6.07) is 7.20. The summed E-state index contributed by atoms with van der Waals surface area (Å²) in [5.74, 6) is -1.84. The number of nitrogens with zero attached hydrogens (tertiary/aromatic N) is 1. The van der Waals surface area contributed by atoms with Crippen LogP contribution in [0.1, 0.15) is 23.6 Å². The minimum Gasteiger partial charge on any atom is -0.507 e. The van der Waals surface area contributed by atoms with Crippen LogP contribution in [-0.4, -0.2) is 56.2 Å². The molecular formula is C23H22Cl3NO6. The number of hydrogen-bond acceptors (Lipinski definition) is 6. The van der Waals surface area contributed by atoms with Crippen molar-refractivity contribution in [3.63, 3.8) is 0 Å². The number of hydrogen-bond donors (Lipinski definition) is 1. The summed E-state index contributed by atoms with van der Waals surface area (Å²) < 4.78 is 15.6. The molecule has 1 saturated heterocycles. The second-order valence-electron chi connectivity index (χ2n) is 7.18. The van der Waals surface area contributed by atoms with Crippen molar-refractivity contribution in [3.8, 4) is 11.5 Å². The molecule has 1 aliphatic heterocycles. The molecule has 3 rings (SSSR count). The molecule has 0 spiro atoms. The molecule has 1 aliphatic rings. The van der Waals surface area contributed by atoms with E-state index in [-0.39, 0.29) is 39.2 Å². The zero-order valence-electron chi connectivity index (χ0n) is 18.2. The number of carbonyl (C=O) groups is 2. The van der Waals surface area contributed by atoms with Crippen LogP contribution in [-0.2, 0) is 14.3 Å². The monoisotopic (exact) mass is 513 g/mol. The van der Waals surface area contributed by atoms with Crippen molar-refractivity contribution in [2.45, 2.75) is 12.5 Å². The maximum absolute atomic E-state index is 13.1. The number of ketones is 1. The van der Waals surface area contributed by atoms with E-state index < -0.39 is 23.5 Å². The van der Waals surface area contributed by atoms with Gasteiger partial charge in [-0.25, -0.2) is 0 Å². The van der Waals surface area contributed by atoms with Crippen LogP contribution >= 0.6 is 34.8 Å². The highest BCUT2D eigenvalue weighted by atomic mass is 35.5. The molecular weight excluding hydrogens is 493 g/mol. The molecule has 2 aromatic rings. The van der Waals surface area contributed by atoms with Crippen molar-refractivity contribution in [2.24, 2.45) is 0 Å². The van der Waals surface area contributed by atoms with Gasteiger partial charge in [-0.15, -0.1) is 0 Å². The zero-order valence-corrected chi connectivity index (χ0v) is 20.4. The highest BCUT2D eigenvalue weighted by molar-refractivity contribution is 6.47. The van der Waals surface area contributed by atoms with Gasteiger partial charge < -0.3 is 24.2 Å². The number of amides is 1. The summed E-state index contributed by atoms with van der Waals surface area (Å²) in [4.78, 5) is 27.5. The van der Waals surface area contributed by atoms with Crippen molar-refractivity contribution in [2.75, 3.05) is 34.5 Å². The third-order valence-electron chi connectivity index (χ3n) is 5.27. The minimum absolute atomic E-state index is 0.0198. The molecule has 1 unspecified atom stereocenters. The Hall–Kier alpha value is -2.45. The summed E-state index contributed by atoms with van der Waals surface area (Å²) in [5, 5.41) is 11.9. The molecule has 0 radical (unpaired) electrons. The lowest BCUT2D eigenvalue weighted by molar-refractivity contribution is -0.140. The van der Waals surface area contributed by atoms with Crippen molar-refractivity contribution in [1.82, 2.24) is 4.90 Å². The van der Waals surface area contributed by atoms with Crippen LogP contribution in [0.15, 0.2) is 35.9 Å². The number of likely N-dealkylation sites (tertiary alicyclic amines) is 1. The first-order chi connectivity index (χ1) is 15.8. The molecule has 0 bridgehead atoms. The number of aliphatic hydroxyl groups is 1. The standard InChI is InChI=1S/C23H22Cl3NO6/c1-31-10-4-9-27-18(12-5-7-13(24)8-6-12)16(20(29)23(27)30)19(28)14-11-15(25)22(33-3)17(26)21(14)32-2/h5-8,11,18,28H,4,9-10H2,1-3H3/b19-16+. The third kappa shape index (κ3) is 4.77. The molecule has 1 amide bonds. The number of methoxy groups -OCH3 is 3. The Kier molecular flexibility index (Phi) is 8.13. The topological polar surface area (TPSA) is 85.3 Å². The van der Waals surface area contributed by atoms with Crippen molar-refractivity contribution in [3.05, 3.63) is 62.1 Å². The number of halogens is 3. The molecule has 0 aromatic heterocycles. The van der Waals surface area contributed by atoms with Gasteiger partial charge in [0.15, 0.2) is 11.5 Å². The normalized spacial score (nSPS) is 17.5. The van der Waals surface area contributed by atoms with E-state index in [9.17, 15) is 14.7 Å². The molecule has 10 heteroatoms. The Morgan fingerprint density at radius 1 is 1.03 bits per heavy atom. The highest BCUT2D eigenvalue weighted by Gasteiger charge is 2.46. The smallest absolute Gasteiger partial charge is 0.295 e. The van der Waals surface area contributed by atoms with Gasteiger partial charge in [-0.05, 0) is 30.2 Å². The number of rotatable bonds is 8. The lowest BCUT2D eigenvalue weighted by Gasteiger charge is -2.25. The van der Waals surface area contributed by atoms with Crippen LogP contribution < -0.4 is 9.47 Å². The first-order valence-corrected chi connectivity index (χ1v) is 11.0. The van der Waals surface area contributed by atoms with Crippen LogP contribution in [0.25, 0.3) is 5.76 Å². The number of benzene rings is 2. The molecule has 1 atom stereocenters. The number of aliphatic hydroxyl groups excluding tert-OH is 1. The molecule has 0 saturated carbocycles. The van der Waals surface area contributed by atoms with Gasteiger partial charge in [0.2, 0.25) is 0 Å². The average Bonchev–Trinajstić information content (AvgIpc) is 3.04.